The van der Waals surface area contributed by atoms with Gasteiger partial charge in [-0.15, -0.1) is 0 Å². The van der Waals surface area contributed by atoms with Crippen molar-refractivity contribution >= 4 is 39.2 Å². The van der Waals surface area contributed by atoms with E-state index in [2.05, 4.69) is 5.16 Å². The minimum atomic E-state index is -0.436. The Morgan fingerprint density at radius 1 is 1.54 bits per heavy atom. The monoisotopic (exact) mass is 290 g/mol. The van der Waals surface area contributed by atoms with E-state index < -0.39 is 4.92 Å². The second-order valence-corrected chi connectivity index (χ2v) is 3.59. The summed E-state index contributed by atoms with van der Waals surface area (Å²) >= 11 is 1.98. The quantitative estimate of drug-likeness (QED) is 0.459. The molecule has 2 rings (SSSR count). The summed E-state index contributed by atoms with van der Waals surface area (Å²) in [5.74, 6) is 0. The average molecular weight is 290 g/mol. The van der Waals surface area contributed by atoms with Crippen LogP contribution in [0.15, 0.2) is 22.9 Å². The second-order valence-electron chi connectivity index (χ2n) is 2.43. The van der Waals surface area contributed by atoms with Crippen LogP contribution in [0, 0.1) is 13.7 Å². The van der Waals surface area contributed by atoms with Crippen molar-refractivity contribution < 1.29 is 9.45 Å². The third-order valence-electron chi connectivity index (χ3n) is 1.60. The van der Waals surface area contributed by atoms with Gasteiger partial charge in [0, 0.05) is 17.5 Å². The SMILES string of the molecule is O=[N+]([O-])c1cc(I)c2oncc2c1. The van der Waals surface area contributed by atoms with Gasteiger partial charge in [-0.1, -0.05) is 5.16 Å². The van der Waals surface area contributed by atoms with Gasteiger partial charge >= 0.3 is 0 Å². The molecule has 1 aromatic carbocycles. The molecule has 0 aliphatic rings. The van der Waals surface area contributed by atoms with Crippen molar-refractivity contribution in [1.82, 2.24) is 5.16 Å². The highest BCUT2D eigenvalue weighted by Crippen LogP contribution is 2.25. The Labute approximate surface area is 86.0 Å². The molecule has 0 saturated heterocycles. The van der Waals surface area contributed by atoms with Gasteiger partial charge in [0.25, 0.3) is 5.69 Å². The number of benzene rings is 1. The maximum atomic E-state index is 10.5. The fraction of sp³-hybridized carbons (Fsp3) is 0. The molecule has 13 heavy (non-hydrogen) atoms. The first-order valence-electron chi connectivity index (χ1n) is 3.37. The number of halogens is 1. The highest BCUT2D eigenvalue weighted by Gasteiger charge is 2.12. The number of fused-ring (bicyclic) bond motifs is 1. The summed E-state index contributed by atoms with van der Waals surface area (Å²) in [6.45, 7) is 0. The number of nitrogens with zero attached hydrogens (tertiary/aromatic N) is 2. The first-order chi connectivity index (χ1) is 6.18. The molecule has 0 atom stereocenters. The van der Waals surface area contributed by atoms with Crippen molar-refractivity contribution in [3.8, 4) is 0 Å². The van der Waals surface area contributed by atoms with E-state index in [0.717, 1.165) is 0 Å². The van der Waals surface area contributed by atoms with Crippen LogP contribution in [-0.4, -0.2) is 10.1 Å². The van der Waals surface area contributed by atoms with E-state index in [9.17, 15) is 10.1 Å². The molecule has 66 valence electrons. The summed E-state index contributed by atoms with van der Waals surface area (Å²) < 4.78 is 5.60. The van der Waals surface area contributed by atoms with E-state index in [4.69, 9.17) is 4.52 Å². The van der Waals surface area contributed by atoms with Crippen molar-refractivity contribution in [2.45, 2.75) is 0 Å². The van der Waals surface area contributed by atoms with Crippen LogP contribution in [0.5, 0.6) is 0 Å². The summed E-state index contributed by atoms with van der Waals surface area (Å²) in [4.78, 5) is 10.0. The first-order valence-corrected chi connectivity index (χ1v) is 4.44. The fourth-order valence-electron chi connectivity index (χ4n) is 1.03. The third kappa shape index (κ3) is 1.37. The van der Waals surface area contributed by atoms with Gasteiger partial charge in [0.15, 0.2) is 5.58 Å². The summed E-state index contributed by atoms with van der Waals surface area (Å²) in [5.41, 5.74) is 0.645. The van der Waals surface area contributed by atoms with Gasteiger partial charge in [-0.3, -0.25) is 10.1 Å². The van der Waals surface area contributed by atoms with Crippen molar-refractivity contribution in [1.29, 1.82) is 0 Å². The van der Waals surface area contributed by atoms with Crippen LogP contribution in [-0.2, 0) is 0 Å². The Morgan fingerprint density at radius 3 is 3.00 bits per heavy atom. The zero-order valence-electron chi connectivity index (χ0n) is 6.23. The summed E-state index contributed by atoms with van der Waals surface area (Å²) in [5, 5.41) is 14.7. The van der Waals surface area contributed by atoms with Crippen LogP contribution in [0.25, 0.3) is 11.0 Å². The van der Waals surface area contributed by atoms with Crippen LogP contribution in [0.3, 0.4) is 0 Å². The van der Waals surface area contributed by atoms with Crippen LogP contribution in [0.1, 0.15) is 0 Å². The van der Waals surface area contributed by atoms with E-state index in [-0.39, 0.29) is 5.69 Å². The Hall–Kier alpha value is -1.18. The van der Waals surface area contributed by atoms with Crippen LogP contribution in [0.2, 0.25) is 0 Å². The zero-order chi connectivity index (χ0) is 9.42. The number of nitro benzene ring substituents is 1. The molecule has 1 aromatic heterocycles. The smallest absolute Gasteiger partial charge is 0.271 e. The standard InChI is InChI=1S/C7H3IN2O3/c8-6-2-5(10(11)12)1-4-3-9-13-7(4)6/h1-3H. The van der Waals surface area contributed by atoms with Gasteiger partial charge in [-0.2, -0.15) is 0 Å². The van der Waals surface area contributed by atoms with Crippen LogP contribution < -0.4 is 0 Å². The molecule has 6 heteroatoms. The topological polar surface area (TPSA) is 69.2 Å². The second kappa shape index (κ2) is 2.95. The van der Waals surface area contributed by atoms with Gasteiger partial charge in [0.05, 0.1) is 14.7 Å². The van der Waals surface area contributed by atoms with Gasteiger partial charge in [-0.25, -0.2) is 0 Å². The Kier molecular flexibility index (Phi) is 1.91. The maximum Gasteiger partial charge on any atom is 0.271 e. The van der Waals surface area contributed by atoms with Crippen LogP contribution in [0.4, 0.5) is 5.69 Å². The van der Waals surface area contributed by atoms with Gasteiger partial charge in [-0.05, 0) is 22.6 Å². The lowest BCUT2D eigenvalue weighted by Gasteiger charge is -1.92. The predicted octanol–water partition coefficient (Wildman–Crippen LogP) is 2.34. The molecule has 0 aliphatic heterocycles. The number of non-ortho nitro benzene ring substituents is 1. The molecule has 0 N–H and O–H groups in total. The minimum absolute atomic E-state index is 0.0556. The lowest BCUT2D eigenvalue weighted by atomic mass is 10.2. The molecule has 0 spiro atoms. The van der Waals surface area contributed by atoms with Gasteiger partial charge < -0.3 is 4.52 Å². The third-order valence-corrected chi connectivity index (χ3v) is 2.40. The summed E-state index contributed by atoms with van der Waals surface area (Å²) in [7, 11) is 0. The van der Waals surface area contributed by atoms with Crippen molar-refractivity contribution in [2.24, 2.45) is 0 Å². The van der Waals surface area contributed by atoms with Gasteiger partial charge in [0.1, 0.15) is 0 Å². The highest BCUT2D eigenvalue weighted by atomic mass is 127. The average Bonchev–Trinajstić information content (AvgIpc) is 2.51. The largest absolute Gasteiger partial charge is 0.355 e. The first kappa shape index (κ1) is 8.42. The summed E-state index contributed by atoms with van der Waals surface area (Å²) in [6.07, 6.45) is 1.46. The predicted molar refractivity (Wildman–Crippen MR) is 53.4 cm³/mol. The molecule has 5 nitrogen and oxygen atoms in total. The highest BCUT2D eigenvalue weighted by molar-refractivity contribution is 14.1. The molecule has 0 bridgehead atoms. The zero-order valence-corrected chi connectivity index (χ0v) is 8.39. The molecule has 1 heterocycles. The van der Waals surface area contributed by atoms with E-state index in [1.54, 1.807) is 0 Å². The van der Waals surface area contributed by atoms with E-state index in [1.165, 1.54) is 18.3 Å². The van der Waals surface area contributed by atoms with E-state index in [0.29, 0.717) is 14.5 Å². The number of nitro groups is 1. The molecule has 0 fully saturated rings. The van der Waals surface area contributed by atoms with E-state index >= 15 is 0 Å². The Balaban J connectivity index is 2.77. The molecule has 0 unspecified atom stereocenters. The molecular formula is C7H3IN2O3. The molecule has 2 aromatic rings. The normalized spacial score (nSPS) is 10.5. The van der Waals surface area contributed by atoms with Crippen molar-refractivity contribution in [3.05, 3.63) is 32.0 Å². The maximum absolute atomic E-state index is 10.5. The van der Waals surface area contributed by atoms with Crippen molar-refractivity contribution in [3.63, 3.8) is 0 Å². The molecule has 0 aliphatic carbocycles. The molecule has 0 saturated carbocycles. The Morgan fingerprint density at radius 2 is 2.31 bits per heavy atom. The number of rotatable bonds is 1. The molecular weight excluding hydrogens is 287 g/mol. The molecule has 0 amide bonds. The van der Waals surface area contributed by atoms with E-state index in [1.807, 2.05) is 22.6 Å². The lowest BCUT2D eigenvalue weighted by molar-refractivity contribution is -0.384. The lowest BCUT2D eigenvalue weighted by Crippen LogP contribution is -1.88. The number of hydrogen-bond acceptors (Lipinski definition) is 4. The molecule has 0 radical (unpaired) electrons. The fourth-order valence-corrected chi connectivity index (χ4v) is 1.76. The number of hydrogen-bond donors (Lipinski definition) is 0. The summed E-state index contributed by atoms with van der Waals surface area (Å²) in [6, 6.07) is 2.89. The Bertz CT molecular complexity index is 480. The van der Waals surface area contributed by atoms with Crippen molar-refractivity contribution in [2.75, 3.05) is 0 Å². The number of aromatic nitrogens is 1. The minimum Gasteiger partial charge on any atom is -0.355 e. The van der Waals surface area contributed by atoms with Crippen LogP contribution >= 0.6 is 22.6 Å². The van der Waals surface area contributed by atoms with Gasteiger partial charge in [0.2, 0.25) is 0 Å².